The molecule has 0 unspecified atom stereocenters. The van der Waals surface area contributed by atoms with E-state index in [0.29, 0.717) is 12.0 Å². The minimum atomic E-state index is -1.53. The number of hydrogen-bond acceptors (Lipinski definition) is 6. The van der Waals surface area contributed by atoms with Crippen LogP contribution in [0.15, 0.2) is 24.3 Å². The number of aromatic hydroxyl groups is 1. The molecule has 2 rings (SSSR count). The third-order valence-electron chi connectivity index (χ3n) is 3.87. The van der Waals surface area contributed by atoms with Crippen molar-refractivity contribution in [3.8, 4) is 5.75 Å². The van der Waals surface area contributed by atoms with Gasteiger partial charge in [-0.25, -0.2) is 14.4 Å². The SMILES string of the molecule is COC(=O)c1ccc(CCc2nc(C)c(O)c(C(=O)O)c2C(=O)O)cc1. The van der Waals surface area contributed by atoms with Crippen molar-refractivity contribution >= 4 is 17.9 Å². The molecule has 136 valence electrons. The molecule has 0 aliphatic heterocycles. The first-order chi connectivity index (χ1) is 12.3. The molecule has 0 saturated heterocycles. The molecule has 0 fully saturated rings. The zero-order valence-corrected chi connectivity index (χ0v) is 14.1. The average molecular weight is 359 g/mol. The third-order valence-corrected chi connectivity index (χ3v) is 3.87. The number of benzene rings is 1. The van der Waals surface area contributed by atoms with Gasteiger partial charge in [0.1, 0.15) is 5.56 Å². The van der Waals surface area contributed by atoms with Gasteiger partial charge in [0, 0.05) is 0 Å². The van der Waals surface area contributed by atoms with Crippen molar-refractivity contribution in [3.05, 3.63) is 57.9 Å². The van der Waals surface area contributed by atoms with Crippen molar-refractivity contribution < 1.29 is 34.4 Å². The topological polar surface area (TPSA) is 134 Å². The van der Waals surface area contributed by atoms with Crippen LogP contribution in [0.4, 0.5) is 0 Å². The summed E-state index contributed by atoms with van der Waals surface area (Å²) in [6.45, 7) is 1.40. The number of methoxy groups -OCH3 is 1. The van der Waals surface area contributed by atoms with Gasteiger partial charge < -0.3 is 20.1 Å². The molecule has 0 amide bonds. The molecule has 1 aromatic carbocycles. The van der Waals surface area contributed by atoms with Crippen molar-refractivity contribution in [2.24, 2.45) is 0 Å². The summed E-state index contributed by atoms with van der Waals surface area (Å²) in [5.74, 6) is -4.12. The number of esters is 1. The summed E-state index contributed by atoms with van der Waals surface area (Å²) in [6.07, 6.45) is 0.526. The molecule has 1 aromatic heterocycles. The van der Waals surface area contributed by atoms with Gasteiger partial charge >= 0.3 is 17.9 Å². The number of ether oxygens (including phenoxy) is 1. The second-order valence-corrected chi connectivity index (χ2v) is 5.54. The standard InChI is InChI=1S/C18H17NO7/c1-9-15(20)14(17(23)24)13(16(21)22)12(19-9)8-5-10-3-6-11(7-4-10)18(25)26-2/h3-4,6-7,20H,5,8H2,1-2H3,(H,21,22)(H,23,24). The quantitative estimate of drug-likeness (QED) is 0.667. The van der Waals surface area contributed by atoms with Crippen LogP contribution in [0.3, 0.4) is 0 Å². The fraction of sp³-hybridized carbons (Fsp3) is 0.222. The lowest BCUT2D eigenvalue weighted by molar-refractivity contribution is 0.0599. The van der Waals surface area contributed by atoms with Crippen LogP contribution in [-0.4, -0.2) is 45.3 Å². The fourth-order valence-electron chi connectivity index (χ4n) is 2.56. The van der Waals surface area contributed by atoms with Gasteiger partial charge in [-0.2, -0.15) is 0 Å². The lowest BCUT2D eigenvalue weighted by Crippen LogP contribution is -2.15. The number of hydrogen-bond donors (Lipinski definition) is 3. The van der Waals surface area contributed by atoms with Crippen molar-refractivity contribution in [1.82, 2.24) is 4.98 Å². The molecule has 26 heavy (non-hydrogen) atoms. The molecule has 3 N–H and O–H groups in total. The third kappa shape index (κ3) is 3.80. The van der Waals surface area contributed by atoms with E-state index in [1.54, 1.807) is 24.3 Å². The largest absolute Gasteiger partial charge is 0.505 e. The Hall–Kier alpha value is -3.42. The number of aromatic carboxylic acids is 2. The van der Waals surface area contributed by atoms with E-state index in [-0.39, 0.29) is 17.8 Å². The normalized spacial score (nSPS) is 10.4. The van der Waals surface area contributed by atoms with E-state index in [2.05, 4.69) is 9.72 Å². The summed E-state index contributed by atoms with van der Waals surface area (Å²) in [6, 6.07) is 6.55. The predicted molar refractivity (Wildman–Crippen MR) is 89.7 cm³/mol. The molecule has 0 aliphatic carbocycles. The van der Waals surface area contributed by atoms with E-state index in [9.17, 15) is 29.7 Å². The van der Waals surface area contributed by atoms with Gasteiger partial charge in [-0.15, -0.1) is 0 Å². The van der Waals surface area contributed by atoms with Crippen molar-refractivity contribution in [1.29, 1.82) is 0 Å². The average Bonchev–Trinajstić information content (AvgIpc) is 2.61. The van der Waals surface area contributed by atoms with Gasteiger partial charge in [-0.05, 0) is 37.5 Å². The highest BCUT2D eigenvalue weighted by Crippen LogP contribution is 2.27. The van der Waals surface area contributed by atoms with Crippen molar-refractivity contribution in [2.75, 3.05) is 7.11 Å². The number of rotatable bonds is 6. The Morgan fingerprint density at radius 2 is 1.58 bits per heavy atom. The number of carbonyl (C=O) groups is 3. The summed E-state index contributed by atoms with van der Waals surface area (Å²) in [7, 11) is 1.28. The highest BCUT2D eigenvalue weighted by molar-refractivity contribution is 6.04. The van der Waals surface area contributed by atoms with Crippen LogP contribution in [-0.2, 0) is 17.6 Å². The maximum absolute atomic E-state index is 11.5. The smallest absolute Gasteiger partial charge is 0.340 e. The van der Waals surface area contributed by atoms with E-state index in [0.717, 1.165) is 5.56 Å². The zero-order valence-electron chi connectivity index (χ0n) is 14.1. The first-order valence-corrected chi connectivity index (χ1v) is 7.62. The van der Waals surface area contributed by atoms with E-state index >= 15 is 0 Å². The summed E-state index contributed by atoms with van der Waals surface area (Å²) < 4.78 is 4.61. The Balaban J connectivity index is 2.33. The molecular weight excluding hydrogens is 342 g/mol. The van der Waals surface area contributed by atoms with Gasteiger partial charge in [0.15, 0.2) is 5.75 Å². The molecule has 2 aromatic rings. The molecule has 1 heterocycles. The highest BCUT2D eigenvalue weighted by Gasteiger charge is 2.27. The van der Waals surface area contributed by atoms with Crippen LogP contribution in [0.25, 0.3) is 0 Å². The van der Waals surface area contributed by atoms with E-state index in [4.69, 9.17) is 0 Å². The number of carboxylic acid groups (broad SMARTS) is 2. The van der Waals surface area contributed by atoms with E-state index in [1.165, 1.54) is 14.0 Å². The summed E-state index contributed by atoms with van der Waals surface area (Å²) in [4.78, 5) is 38.3. The Labute approximate surface area is 148 Å². The van der Waals surface area contributed by atoms with Crippen molar-refractivity contribution in [3.63, 3.8) is 0 Å². The van der Waals surface area contributed by atoms with Crippen LogP contribution in [0.1, 0.15) is 48.0 Å². The molecular formula is C18H17NO7. The number of aromatic nitrogens is 1. The molecule has 8 nitrogen and oxygen atoms in total. The number of carboxylic acids is 2. The molecule has 0 saturated carbocycles. The van der Waals surface area contributed by atoms with E-state index < -0.39 is 34.8 Å². The Morgan fingerprint density at radius 3 is 2.08 bits per heavy atom. The first-order valence-electron chi connectivity index (χ1n) is 7.62. The number of nitrogens with zero attached hydrogens (tertiary/aromatic N) is 1. The van der Waals surface area contributed by atoms with Crippen molar-refractivity contribution in [2.45, 2.75) is 19.8 Å². The fourth-order valence-corrected chi connectivity index (χ4v) is 2.56. The summed E-state index contributed by atoms with van der Waals surface area (Å²) in [5, 5.41) is 28.5. The lowest BCUT2D eigenvalue weighted by atomic mass is 9.98. The van der Waals surface area contributed by atoms with Gasteiger partial charge in [0.05, 0.1) is 29.6 Å². The number of carbonyl (C=O) groups excluding carboxylic acids is 1. The minimum absolute atomic E-state index is 0.0449. The molecule has 0 bridgehead atoms. The molecule has 0 spiro atoms. The molecule has 0 atom stereocenters. The number of aryl methyl sites for hydroxylation is 3. The van der Waals surface area contributed by atoms with Crippen LogP contribution in [0.2, 0.25) is 0 Å². The monoisotopic (exact) mass is 359 g/mol. The van der Waals surface area contributed by atoms with Gasteiger partial charge in [0.2, 0.25) is 0 Å². The molecule has 0 radical (unpaired) electrons. The maximum atomic E-state index is 11.5. The van der Waals surface area contributed by atoms with Crippen LogP contribution >= 0.6 is 0 Å². The van der Waals surface area contributed by atoms with Gasteiger partial charge in [-0.3, -0.25) is 4.98 Å². The maximum Gasteiger partial charge on any atom is 0.340 e. The number of pyridine rings is 1. The highest BCUT2D eigenvalue weighted by atomic mass is 16.5. The Bertz CT molecular complexity index is 872. The van der Waals surface area contributed by atoms with Crippen LogP contribution in [0.5, 0.6) is 5.75 Å². The van der Waals surface area contributed by atoms with Gasteiger partial charge in [0.25, 0.3) is 0 Å². The predicted octanol–water partition coefficient (Wildman–Crippen LogP) is 2.06. The Morgan fingerprint density at radius 1 is 1.00 bits per heavy atom. The molecule has 8 heteroatoms. The van der Waals surface area contributed by atoms with Crippen LogP contribution in [0, 0.1) is 6.92 Å². The first kappa shape index (κ1) is 18.9. The summed E-state index contributed by atoms with van der Waals surface area (Å²) >= 11 is 0. The molecule has 0 aliphatic rings. The second kappa shape index (κ2) is 7.64. The second-order valence-electron chi connectivity index (χ2n) is 5.54. The lowest BCUT2D eigenvalue weighted by Gasteiger charge is -2.12. The van der Waals surface area contributed by atoms with E-state index in [1.807, 2.05) is 0 Å². The minimum Gasteiger partial charge on any atom is -0.505 e. The Kier molecular flexibility index (Phi) is 5.56. The van der Waals surface area contributed by atoms with Gasteiger partial charge in [-0.1, -0.05) is 12.1 Å². The van der Waals surface area contributed by atoms with Crippen LogP contribution < -0.4 is 0 Å². The summed E-state index contributed by atoms with van der Waals surface area (Å²) in [5.41, 5.74) is 0.117. The zero-order chi connectivity index (χ0) is 19.4.